The van der Waals surface area contributed by atoms with Gasteiger partial charge in [-0.3, -0.25) is 14.3 Å². The van der Waals surface area contributed by atoms with Crippen molar-refractivity contribution in [1.82, 2.24) is 19.5 Å². The van der Waals surface area contributed by atoms with Crippen LogP contribution in [0.25, 0.3) is 16.7 Å². The topological polar surface area (TPSA) is 66.8 Å². The molecule has 4 aromatic rings. The summed E-state index contributed by atoms with van der Waals surface area (Å²) in [7, 11) is 0. The second-order valence-corrected chi connectivity index (χ2v) is 8.17. The molecule has 30 heavy (non-hydrogen) atoms. The maximum atomic E-state index is 13.1. The fraction of sp³-hybridized carbons (Fsp3) is 0.217. The van der Waals surface area contributed by atoms with Crippen molar-refractivity contribution in [3.63, 3.8) is 0 Å². The van der Waals surface area contributed by atoms with Gasteiger partial charge in [-0.15, -0.1) is 0 Å². The summed E-state index contributed by atoms with van der Waals surface area (Å²) in [6, 6.07) is 16.4. The lowest BCUT2D eigenvalue weighted by Gasteiger charge is -2.23. The number of para-hydroxylation sites is 1. The van der Waals surface area contributed by atoms with Gasteiger partial charge in [-0.1, -0.05) is 42.5 Å². The number of nitrogens with one attached hydrogen (secondary N) is 1. The summed E-state index contributed by atoms with van der Waals surface area (Å²) in [6.45, 7) is 6.03. The molecule has 5 rings (SSSR count). The van der Waals surface area contributed by atoms with E-state index in [-0.39, 0.29) is 11.6 Å². The number of rotatable bonds is 2. The first kappa shape index (κ1) is 18.7. The highest BCUT2D eigenvalue weighted by Crippen LogP contribution is 2.36. The minimum atomic E-state index is -0.273. The van der Waals surface area contributed by atoms with Crippen LogP contribution in [0.2, 0.25) is 0 Å². The summed E-state index contributed by atoms with van der Waals surface area (Å²) >= 11 is 5.71. The molecule has 1 aliphatic rings. The molecule has 0 radical (unpaired) electrons. The van der Waals surface area contributed by atoms with Crippen molar-refractivity contribution in [2.45, 2.75) is 33.2 Å². The second-order valence-electron chi connectivity index (χ2n) is 7.78. The van der Waals surface area contributed by atoms with Crippen LogP contribution in [-0.2, 0) is 6.42 Å². The predicted octanol–water partition coefficient (Wildman–Crippen LogP) is 4.54. The zero-order valence-electron chi connectivity index (χ0n) is 17.0. The highest BCUT2D eigenvalue weighted by Gasteiger charge is 2.29. The molecule has 7 heteroatoms. The Morgan fingerprint density at radius 1 is 1.10 bits per heavy atom. The monoisotopic (exact) mass is 415 g/mol. The fourth-order valence-electron chi connectivity index (χ4n) is 4.26. The van der Waals surface area contributed by atoms with Gasteiger partial charge in [0, 0.05) is 17.4 Å². The standard InChI is InChI=1S/C23H21N5OS/c1-13-7-6-9-17(11-13)28-15(3)24-20-19(22(28)30)21(29)26-23(25-20)27-14(2)12-16-8-4-5-10-18(16)27/h4-11,14H,12H2,1-3H3,(H,25,26,29)/t14-/m1/s1. The summed E-state index contributed by atoms with van der Waals surface area (Å²) < 4.78 is 2.24. The van der Waals surface area contributed by atoms with Gasteiger partial charge in [0.2, 0.25) is 5.95 Å². The van der Waals surface area contributed by atoms with E-state index in [0.29, 0.717) is 27.4 Å². The third kappa shape index (κ3) is 2.85. The number of nitrogens with zero attached hydrogens (tertiary/aromatic N) is 4. The maximum absolute atomic E-state index is 13.1. The number of aryl methyl sites for hydroxylation is 2. The first-order valence-corrected chi connectivity index (χ1v) is 10.3. The van der Waals surface area contributed by atoms with E-state index in [1.165, 1.54) is 5.56 Å². The van der Waals surface area contributed by atoms with Crippen LogP contribution in [0.3, 0.4) is 0 Å². The number of hydrogen-bond donors (Lipinski definition) is 1. The molecule has 0 fully saturated rings. The first-order chi connectivity index (χ1) is 14.4. The molecule has 0 spiro atoms. The molecular weight excluding hydrogens is 394 g/mol. The van der Waals surface area contributed by atoms with Crippen molar-refractivity contribution in [2.24, 2.45) is 0 Å². The molecule has 0 unspecified atom stereocenters. The number of aromatic amines is 1. The van der Waals surface area contributed by atoms with Gasteiger partial charge in [-0.25, -0.2) is 4.98 Å². The van der Waals surface area contributed by atoms with Crippen LogP contribution in [-0.4, -0.2) is 25.6 Å². The van der Waals surface area contributed by atoms with Crippen molar-refractivity contribution >= 4 is 34.9 Å². The lowest BCUT2D eigenvalue weighted by molar-refractivity contribution is 0.739. The maximum Gasteiger partial charge on any atom is 0.264 e. The van der Waals surface area contributed by atoms with Gasteiger partial charge in [-0.05, 0) is 56.5 Å². The van der Waals surface area contributed by atoms with Crippen LogP contribution in [0.15, 0.2) is 53.3 Å². The van der Waals surface area contributed by atoms with Crippen molar-refractivity contribution in [3.05, 3.63) is 80.5 Å². The van der Waals surface area contributed by atoms with Gasteiger partial charge < -0.3 is 4.90 Å². The Kier molecular flexibility index (Phi) is 4.29. The van der Waals surface area contributed by atoms with Crippen molar-refractivity contribution in [3.8, 4) is 5.69 Å². The summed E-state index contributed by atoms with van der Waals surface area (Å²) in [5.41, 5.74) is 4.40. The summed E-state index contributed by atoms with van der Waals surface area (Å²) in [5, 5.41) is 0.334. The smallest absolute Gasteiger partial charge is 0.264 e. The molecule has 3 heterocycles. The molecule has 2 aromatic carbocycles. The molecule has 1 aliphatic heterocycles. The Labute approximate surface area is 178 Å². The number of aromatic nitrogens is 4. The average Bonchev–Trinajstić information content (AvgIpc) is 3.03. The van der Waals surface area contributed by atoms with Crippen LogP contribution in [0, 0.1) is 18.5 Å². The van der Waals surface area contributed by atoms with E-state index in [1.54, 1.807) is 0 Å². The molecular formula is C23H21N5OS. The second kappa shape index (κ2) is 6.88. The van der Waals surface area contributed by atoms with Crippen LogP contribution >= 0.6 is 12.2 Å². The van der Waals surface area contributed by atoms with E-state index in [9.17, 15) is 4.79 Å². The lowest BCUT2D eigenvalue weighted by Crippen LogP contribution is -2.28. The summed E-state index contributed by atoms with van der Waals surface area (Å²) in [5.74, 6) is 1.19. The van der Waals surface area contributed by atoms with Crippen LogP contribution < -0.4 is 10.5 Å². The Morgan fingerprint density at radius 2 is 1.90 bits per heavy atom. The largest absolute Gasteiger partial charge is 0.309 e. The van der Waals surface area contributed by atoms with Gasteiger partial charge in [0.15, 0.2) is 5.65 Å². The Balaban J connectivity index is 1.73. The molecule has 0 aliphatic carbocycles. The minimum Gasteiger partial charge on any atom is -0.309 e. The lowest BCUT2D eigenvalue weighted by atomic mass is 10.1. The van der Waals surface area contributed by atoms with E-state index in [0.717, 1.165) is 23.4 Å². The highest BCUT2D eigenvalue weighted by molar-refractivity contribution is 7.71. The molecule has 0 bridgehead atoms. The number of hydrogen-bond acceptors (Lipinski definition) is 5. The van der Waals surface area contributed by atoms with Crippen molar-refractivity contribution in [1.29, 1.82) is 0 Å². The summed E-state index contributed by atoms with van der Waals surface area (Å²) in [4.78, 5) is 27.5. The van der Waals surface area contributed by atoms with Crippen molar-refractivity contribution < 1.29 is 0 Å². The van der Waals surface area contributed by atoms with Crippen molar-refractivity contribution in [2.75, 3.05) is 4.90 Å². The van der Waals surface area contributed by atoms with Crippen LogP contribution in [0.1, 0.15) is 23.9 Å². The number of benzene rings is 2. The molecule has 2 aromatic heterocycles. The van der Waals surface area contributed by atoms with Gasteiger partial charge in [0.1, 0.15) is 15.9 Å². The molecule has 0 saturated carbocycles. The van der Waals surface area contributed by atoms with Gasteiger partial charge in [0.05, 0.1) is 0 Å². The third-order valence-electron chi connectivity index (χ3n) is 5.59. The Morgan fingerprint density at radius 3 is 2.70 bits per heavy atom. The molecule has 1 N–H and O–H groups in total. The highest BCUT2D eigenvalue weighted by atomic mass is 32.1. The molecule has 0 saturated heterocycles. The van der Waals surface area contributed by atoms with Crippen LogP contribution in [0.5, 0.6) is 0 Å². The van der Waals surface area contributed by atoms with E-state index >= 15 is 0 Å². The Hall–Kier alpha value is -3.32. The zero-order valence-corrected chi connectivity index (χ0v) is 17.8. The Bertz CT molecular complexity index is 1420. The zero-order chi connectivity index (χ0) is 21.0. The van der Waals surface area contributed by atoms with Gasteiger partial charge >= 0.3 is 0 Å². The molecule has 6 nitrogen and oxygen atoms in total. The van der Waals surface area contributed by atoms with Gasteiger partial charge in [0.25, 0.3) is 5.56 Å². The van der Waals surface area contributed by atoms with E-state index in [4.69, 9.17) is 17.2 Å². The molecule has 150 valence electrons. The minimum absolute atomic E-state index is 0.188. The molecule has 0 amide bonds. The predicted molar refractivity (Wildman–Crippen MR) is 122 cm³/mol. The average molecular weight is 416 g/mol. The van der Waals surface area contributed by atoms with E-state index < -0.39 is 0 Å². The normalized spacial score (nSPS) is 15.6. The van der Waals surface area contributed by atoms with E-state index in [1.807, 2.05) is 54.8 Å². The number of anilines is 2. The number of fused-ring (bicyclic) bond motifs is 2. The summed E-state index contributed by atoms with van der Waals surface area (Å²) in [6.07, 6.45) is 0.902. The molecule has 1 atom stereocenters. The SMILES string of the molecule is Cc1cccc(-n2c(C)nc3nc(N4c5ccccc5C[C@H]4C)[nH]c(=O)c3c2=S)c1. The number of H-pyrrole nitrogens is 1. The first-order valence-electron chi connectivity index (χ1n) is 9.92. The fourth-order valence-corrected chi connectivity index (χ4v) is 4.68. The quantitative estimate of drug-likeness (QED) is 0.487. The van der Waals surface area contributed by atoms with Crippen LogP contribution in [0.4, 0.5) is 11.6 Å². The van der Waals surface area contributed by atoms with E-state index in [2.05, 4.69) is 33.9 Å². The van der Waals surface area contributed by atoms with Gasteiger partial charge in [-0.2, -0.15) is 4.98 Å². The third-order valence-corrected chi connectivity index (χ3v) is 5.98.